The monoisotopic (exact) mass is 514 g/mol. The standard InChI is InChI=1S/C27H34N2O8/c1-4-6-7-29(5-2)12-14-10-17(30)20-16(23(14)37-3)9-13-8-15-11-18(31)21(26(28)35)25(34)27(15,36)24(33)19(13)22(20)32/h10,13,15,30,32,34,36H,4-9,11-12H2,1-3H3,(H2,28,35)/t13?,15-,27-/m0/s1. The number of rotatable bonds is 8. The maximum Gasteiger partial charge on any atom is 0.255 e. The summed E-state index contributed by atoms with van der Waals surface area (Å²) in [6, 6.07) is 1.51. The summed E-state index contributed by atoms with van der Waals surface area (Å²) in [5.74, 6) is -5.96. The number of hydrogen-bond donors (Lipinski definition) is 5. The number of fused-ring (bicyclic) bond motifs is 3. The van der Waals surface area contributed by atoms with Crippen LogP contribution in [0.1, 0.15) is 56.2 Å². The number of aliphatic hydroxyl groups is 3. The Labute approximate surface area is 215 Å². The summed E-state index contributed by atoms with van der Waals surface area (Å²) in [6.45, 7) is 6.36. The van der Waals surface area contributed by atoms with Crippen molar-refractivity contribution in [1.82, 2.24) is 4.90 Å². The number of phenols is 1. The number of nitrogens with two attached hydrogens (primary N) is 1. The molecule has 1 aromatic carbocycles. The van der Waals surface area contributed by atoms with Crippen LogP contribution in [0.25, 0.3) is 5.76 Å². The van der Waals surface area contributed by atoms with Gasteiger partial charge in [0.05, 0.1) is 12.7 Å². The molecule has 200 valence electrons. The number of primary amides is 1. The number of Topliss-reactive ketones (excluding diaryl/α,β-unsaturated/α-hetero) is 2. The van der Waals surface area contributed by atoms with Crippen LogP contribution in [0.15, 0.2) is 23.0 Å². The number of aromatic hydroxyl groups is 1. The number of methoxy groups -OCH3 is 1. The average Bonchev–Trinajstić information content (AvgIpc) is 2.83. The molecule has 6 N–H and O–H groups in total. The van der Waals surface area contributed by atoms with Crippen LogP contribution in [0, 0.1) is 11.8 Å². The second-order valence-electron chi connectivity index (χ2n) is 10.1. The van der Waals surface area contributed by atoms with E-state index in [1.54, 1.807) is 0 Å². The third kappa shape index (κ3) is 4.08. The van der Waals surface area contributed by atoms with Crippen LogP contribution in [-0.4, -0.2) is 68.6 Å². The van der Waals surface area contributed by atoms with Crippen molar-refractivity contribution in [3.05, 3.63) is 39.7 Å². The minimum atomic E-state index is -2.57. The van der Waals surface area contributed by atoms with Crippen molar-refractivity contribution in [2.45, 2.75) is 58.1 Å². The molecular formula is C27H34N2O8. The van der Waals surface area contributed by atoms with E-state index in [0.29, 0.717) is 17.9 Å². The number of aliphatic hydroxyl groups excluding tert-OH is 2. The molecule has 0 radical (unpaired) electrons. The van der Waals surface area contributed by atoms with Gasteiger partial charge in [0.15, 0.2) is 11.4 Å². The summed E-state index contributed by atoms with van der Waals surface area (Å²) in [6.07, 6.45) is 2.00. The molecule has 1 amide bonds. The number of hydrogen-bond acceptors (Lipinski definition) is 9. The van der Waals surface area contributed by atoms with Crippen LogP contribution in [0.2, 0.25) is 0 Å². The largest absolute Gasteiger partial charge is 0.508 e. The van der Waals surface area contributed by atoms with E-state index in [9.17, 15) is 34.8 Å². The summed E-state index contributed by atoms with van der Waals surface area (Å²) in [5, 5.41) is 44.2. The first kappa shape index (κ1) is 26.7. The van der Waals surface area contributed by atoms with Crippen LogP contribution in [0.3, 0.4) is 0 Å². The number of ether oxygens (including phenoxy) is 1. The fourth-order valence-electron chi connectivity index (χ4n) is 6.08. The van der Waals surface area contributed by atoms with Gasteiger partial charge in [-0.3, -0.25) is 19.3 Å². The number of unbranched alkanes of at least 4 members (excludes halogenated alkanes) is 1. The van der Waals surface area contributed by atoms with Gasteiger partial charge in [-0.15, -0.1) is 0 Å². The molecule has 10 nitrogen and oxygen atoms in total. The average molecular weight is 515 g/mol. The Kier molecular flexibility index (Phi) is 7.09. The van der Waals surface area contributed by atoms with Gasteiger partial charge in [0, 0.05) is 35.6 Å². The molecule has 1 fully saturated rings. The number of phenolic OH excluding ortho intramolecular Hbond substituents is 1. The second kappa shape index (κ2) is 9.83. The third-order valence-corrected chi connectivity index (χ3v) is 7.96. The molecule has 0 bridgehead atoms. The molecule has 3 aliphatic rings. The van der Waals surface area contributed by atoms with Crippen molar-refractivity contribution < 1.29 is 39.5 Å². The van der Waals surface area contributed by atoms with Gasteiger partial charge in [-0.05, 0) is 44.3 Å². The molecule has 1 saturated carbocycles. The minimum Gasteiger partial charge on any atom is -0.508 e. The highest BCUT2D eigenvalue weighted by Crippen LogP contribution is 2.53. The Morgan fingerprint density at radius 2 is 1.92 bits per heavy atom. The summed E-state index contributed by atoms with van der Waals surface area (Å²) in [7, 11) is 1.51. The predicted octanol–water partition coefficient (Wildman–Crippen LogP) is 2.05. The zero-order chi connectivity index (χ0) is 27.2. The Hall–Kier alpha value is -3.37. The topological polar surface area (TPSA) is 171 Å². The number of carbonyl (C=O) groups is 3. The van der Waals surface area contributed by atoms with E-state index >= 15 is 0 Å². The zero-order valence-electron chi connectivity index (χ0n) is 21.3. The first-order valence-electron chi connectivity index (χ1n) is 12.6. The van der Waals surface area contributed by atoms with Gasteiger partial charge in [0.2, 0.25) is 5.78 Å². The highest BCUT2D eigenvalue weighted by molar-refractivity contribution is 6.22. The van der Waals surface area contributed by atoms with E-state index < -0.39 is 52.0 Å². The van der Waals surface area contributed by atoms with Crippen LogP contribution in [0.4, 0.5) is 0 Å². The van der Waals surface area contributed by atoms with Crippen molar-refractivity contribution in [1.29, 1.82) is 0 Å². The Morgan fingerprint density at radius 1 is 1.22 bits per heavy atom. The molecule has 0 aromatic heterocycles. The van der Waals surface area contributed by atoms with E-state index in [2.05, 4.69) is 18.7 Å². The Morgan fingerprint density at radius 3 is 2.51 bits per heavy atom. The lowest BCUT2D eigenvalue weighted by Crippen LogP contribution is -2.58. The van der Waals surface area contributed by atoms with E-state index in [4.69, 9.17) is 10.5 Å². The molecule has 0 heterocycles. The highest BCUT2D eigenvalue weighted by Gasteiger charge is 2.60. The van der Waals surface area contributed by atoms with Gasteiger partial charge in [0.25, 0.3) is 5.91 Å². The van der Waals surface area contributed by atoms with Crippen LogP contribution >= 0.6 is 0 Å². The van der Waals surface area contributed by atoms with Gasteiger partial charge >= 0.3 is 0 Å². The Bertz CT molecular complexity index is 1230. The fourth-order valence-corrected chi connectivity index (χ4v) is 6.08. The van der Waals surface area contributed by atoms with Crippen molar-refractivity contribution in [3.63, 3.8) is 0 Å². The predicted molar refractivity (Wildman–Crippen MR) is 134 cm³/mol. The first-order valence-corrected chi connectivity index (χ1v) is 12.6. The number of amides is 1. The van der Waals surface area contributed by atoms with Crippen LogP contribution in [0.5, 0.6) is 11.5 Å². The van der Waals surface area contributed by atoms with E-state index in [1.165, 1.54) is 13.2 Å². The molecule has 10 heteroatoms. The first-order chi connectivity index (χ1) is 17.5. The molecule has 1 aromatic rings. The molecule has 0 aliphatic heterocycles. The zero-order valence-corrected chi connectivity index (χ0v) is 21.3. The van der Waals surface area contributed by atoms with Gasteiger partial charge in [-0.2, -0.15) is 0 Å². The van der Waals surface area contributed by atoms with E-state index in [0.717, 1.165) is 31.5 Å². The van der Waals surface area contributed by atoms with Gasteiger partial charge in [-0.1, -0.05) is 20.3 Å². The number of carbonyl (C=O) groups excluding carboxylic acids is 3. The molecular weight excluding hydrogens is 480 g/mol. The fraction of sp³-hybridized carbons (Fsp3) is 0.519. The molecule has 0 spiro atoms. The van der Waals surface area contributed by atoms with Crippen LogP contribution < -0.4 is 10.5 Å². The second-order valence-corrected chi connectivity index (χ2v) is 10.1. The van der Waals surface area contributed by atoms with Crippen molar-refractivity contribution in [2.75, 3.05) is 20.2 Å². The van der Waals surface area contributed by atoms with Crippen molar-refractivity contribution >= 4 is 23.2 Å². The van der Waals surface area contributed by atoms with Gasteiger partial charge in [-0.25, -0.2) is 0 Å². The normalized spacial score (nSPS) is 25.2. The number of nitrogens with zero attached hydrogens (tertiary/aromatic N) is 1. The maximum absolute atomic E-state index is 13.6. The number of ketones is 2. The van der Waals surface area contributed by atoms with Crippen molar-refractivity contribution in [2.24, 2.45) is 17.6 Å². The molecule has 1 unspecified atom stereocenters. The molecule has 3 aliphatic carbocycles. The lowest BCUT2D eigenvalue weighted by atomic mass is 9.59. The summed E-state index contributed by atoms with van der Waals surface area (Å²) in [5.41, 5.74) is 2.98. The quantitative estimate of drug-likeness (QED) is 0.326. The lowest BCUT2D eigenvalue weighted by Gasteiger charge is -2.46. The SMILES string of the molecule is CCCCN(CC)Cc1cc(O)c2c(c1OC)CC1C[C@H]3CC(=O)C(C(N)=O)=C(O)[C@@]3(O)C(=O)C1=C2O. The maximum atomic E-state index is 13.6. The smallest absolute Gasteiger partial charge is 0.255 e. The molecule has 37 heavy (non-hydrogen) atoms. The molecule has 3 atom stereocenters. The van der Waals surface area contributed by atoms with E-state index in [1.807, 2.05) is 0 Å². The summed E-state index contributed by atoms with van der Waals surface area (Å²) >= 11 is 0. The van der Waals surface area contributed by atoms with Crippen molar-refractivity contribution in [3.8, 4) is 11.5 Å². The summed E-state index contributed by atoms with van der Waals surface area (Å²) < 4.78 is 5.75. The van der Waals surface area contributed by atoms with E-state index in [-0.39, 0.29) is 36.1 Å². The molecule has 4 rings (SSSR count). The van der Waals surface area contributed by atoms with Crippen LogP contribution in [-0.2, 0) is 27.3 Å². The molecule has 0 saturated heterocycles. The highest BCUT2D eigenvalue weighted by atomic mass is 16.5. The third-order valence-electron chi connectivity index (χ3n) is 7.96. The van der Waals surface area contributed by atoms with Gasteiger partial charge < -0.3 is 30.9 Å². The minimum absolute atomic E-state index is 0.0318. The Balaban J connectivity index is 1.83. The number of benzene rings is 1. The lowest BCUT2D eigenvalue weighted by molar-refractivity contribution is -0.147. The van der Waals surface area contributed by atoms with Gasteiger partial charge in [0.1, 0.15) is 28.6 Å². The summed E-state index contributed by atoms with van der Waals surface area (Å²) in [4.78, 5) is 40.1.